The van der Waals surface area contributed by atoms with E-state index in [-0.39, 0.29) is 11.3 Å². The van der Waals surface area contributed by atoms with Crippen LogP contribution in [0.2, 0.25) is 0 Å². The summed E-state index contributed by atoms with van der Waals surface area (Å²) in [7, 11) is 3.16. The summed E-state index contributed by atoms with van der Waals surface area (Å²) in [5.74, 6) is 0.173. The molecule has 0 saturated heterocycles. The van der Waals surface area contributed by atoms with Gasteiger partial charge in [0.25, 0.3) is 5.91 Å². The zero-order valence-electron chi connectivity index (χ0n) is 17.2. The maximum atomic E-state index is 12.6. The lowest BCUT2D eigenvalue weighted by Gasteiger charge is -2.20. The summed E-state index contributed by atoms with van der Waals surface area (Å²) in [6.07, 6.45) is 0. The van der Waals surface area contributed by atoms with Crippen molar-refractivity contribution in [3.05, 3.63) is 89.5 Å². The number of carbonyl (C=O) groups excluding carboxylic acids is 2. The van der Waals surface area contributed by atoms with Gasteiger partial charge in [0.05, 0.1) is 25.8 Å². The molecule has 0 spiro atoms. The maximum absolute atomic E-state index is 12.6. The molecule has 0 fully saturated rings. The Balaban J connectivity index is 1.73. The van der Waals surface area contributed by atoms with Gasteiger partial charge in [-0.05, 0) is 53.6 Å². The molecular weight excluding hydrogens is 398 g/mol. The zero-order chi connectivity index (χ0) is 22.2. The monoisotopic (exact) mass is 421 g/mol. The number of phenolic OH excluding ortho intramolecular Hbond substituents is 1. The number of amides is 1. The normalized spacial score (nSPS) is 10.4. The molecule has 0 unspecified atom stereocenters. The highest BCUT2D eigenvalue weighted by atomic mass is 16.5. The van der Waals surface area contributed by atoms with Gasteiger partial charge in [-0.2, -0.15) is 0 Å². The highest BCUT2D eigenvalue weighted by molar-refractivity contribution is 5.91. The number of rotatable bonds is 8. The van der Waals surface area contributed by atoms with Gasteiger partial charge in [0.1, 0.15) is 17.2 Å². The number of methoxy groups -OCH3 is 2. The average Bonchev–Trinajstić information content (AvgIpc) is 2.81. The molecule has 2 N–H and O–H groups in total. The van der Waals surface area contributed by atoms with E-state index in [1.54, 1.807) is 38.5 Å². The van der Waals surface area contributed by atoms with Gasteiger partial charge in [-0.15, -0.1) is 0 Å². The second-order valence-corrected chi connectivity index (χ2v) is 6.67. The fourth-order valence-corrected chi connectivity index (χ4v) is 3.00. The van der Waals surface area contributed by atoms with Gasteiger partial charge in [-0.25, -0.2) is 4.79 Å². The molecule has 3 aromatic carbocycles. The largest absolute Gasteiger partial charge is 0.508 e. The van der Waals surface area contributed by atoms with Crippen molar-refractivity contribution in [1.29, 1.82) is 0 Å². The van der Waals surface area contributed by atoms with Gasteiger partial charge in [-0.3, -0.25) is 4.79 Å². The van der Waals surface area contributed by atoms with Crippen molar-refractivity contribution < 1.29 is 28.9 Å². The number of hydrogen-bond donors (Lipinski definition) is 2. The van der Waals surface area contributed by atoms with Crippen molar-refractivity contribution in [2.45, 2.75) is 6.04 Å². The predicted octanol–water partition coefficient (Wildman–Crippen LogP) is 3.47. The Morgan fingerprint density at radius 2 is 1.42 bits per heavy atom. The third-order valence-corrected chi connectivity index (χ3v) is 4.62. The first-order chi connectivity index (χ1) is 15.0. The van der Waals surface area contributed by atoms with Crippen LogP contribution in [-0.4, -0.2) is 37.8 Å². The summed E-state index contributed by atoms with van der Waals surface area (Å²) in [6.45, 7) is -0.461. The highest BCUT2D eigenvalue weighted by Crippen LogP contribution is 2.26. The molecule has 0 aliphatic carbocycles. The molecule has 0 bridgehead atoms. The Bertz CT molecular complexity index is 983. The fraction of sp³-hybridized carbons (Fsp3) is 0.167. The molecule has 0 heterocycles. The molecule has 1 amide bonds. The van der Waals surface area contributed by atoms with E-state index in [2.05, 4.69) is 5.32 Å². The zero-order valence-corrected chi connectivity index (χ0v) is 17.2. The number of hydrogen-bond acceptors (Lipinski definition) is 6. The molecule has 0 aromatic heterocycles. The molecule has 3 aromatic rings. The Hall–Kier alpha value is -4.00. The van der Waals surface area contributed by atoms with Crippen molar-refractivity contribution in [3.63, 3.8) is 0 Å². The number of benzene rings is 3. The Labute approximate surface area is 180 Å². The SMILES string of the molecule is COc1ccc(C(NC(=O)COC(=O)c2cccc(O)c2)c2ccc(OC)cc2)cc1. The van der Waals surface area contributed by atoms with E-state index in [0.717, 1.165) is 11.1 Å². The molecule has 0 atom stereocenters. The summed E-state index contributed by atoms with van der Waals surface area (Å²) < 4.78 is 15.5. The number of ether oxygens (including phenoxy) is 3. The van der Waals surface area contributed by atoms with Crippen LogP contribution in [0.4, 0.5) is 0 Å². The lowest BCUT2D eigenvalue weighted by atomic mass is 9.98. The van der Waals surface area contributed by atoms with Crippen LogP contribution in [0.25, 0.3) is 0 Å². The van der Waals surface area contributed by atoms with Crippen molar-refractivity contribution >= 4 is 11.9 Å². The van der Waals surface area contributed by atoms with Crippen LogP contribution in [0.5, 0.6) is 17.2 Å². The second-order valence-electron chi connectivity index (χ2n) is 6.67. The summed E-state index contributed by atoms with van der Waals surface area (Å²) in [5, 5.41) is 12.4. The lowest BCUT2D eigenvalue weighted by Crippen LogP contribution is -2.33. The molecule has 7 heteroatoms. The van der Waals surface area contributed by atoms with E-state index in [0.29, 0.717) is 11.5 Å². The van der Waals surface area contributed by atoms with Crippen LogP contribution < -0.4 is 14.8 Å². The first-order valence-electron chi connectivity index (χ1n) is 9.53. The predicted molar refractivity (Wildman–Crippen MR) is 114 cm³/mol. The Morgan fingerprint density at radius 3 is 1.90 bits per heavy atom. The topological polar surface area (TPSA) is 94.1 Å². The molecule has 160 valence electrons. The van der Waals surface area contributed by atoms with E-state index >= 15 is 0 Å². The maximum Gasteiger partial charge on any atom is 0.338 e. The average molecular weight is 421 g/mol. The molecular formula is C24H23NO6. The van der Waals surface area contributed by atoms with Gasteiger partial charge in [0.15, 0.2) is 6.61 Å². The van der Waals surface area contributed by atoms with Gasteiger partial charge < -0.3 is 24.6 Å². The van der Waals surface area contributed by atoms with Crippen LogP contribution in [0, 0.1) is 0 Å². The van der Waals surface area contributed by atoms with E-state index in [1.165, 1.54) is 24.3 Å². The summed E-state index contributed by atoms with van der Waals surface area (Å²) in [6, 6.07) is 19.9. The molecule has 3 rings (SSSR count). The molecule has 0 radical (unpaired) electrons. The fourth-order valence-electron chi connectivity index (χ4n) is 3.00. The number of esters is 1. The smallest absolute Gasteiger partial charge is 0.338 e. The van der Waals surface area contributed by atoms with Gasteiger partial charge in [-0.1, -0.05) is 30.3 Å². The molecule has 0 aliphatic rings. The quantitative estimate of drug-likeness (QED) is 0.541. The molecule has 31 heavy (non-hydrogen) atoms. The van der Waals surface area contributed by atoms with Crippen molar-refractivity contribution in [3.8, 4) is 17.2 Å². The van der Waals surface area contributed by atoms with Crippen LogP contribution in [0.1, 0.15) is 27.5 Å². The first kappa shape index (κ1) is 21.7. The van der Waals surface area contributed by atoms with Crippen LogP contribution >= 0.6 is 0 Å². The third kappa shape index (κ3) is 5.76. The van der Waals surface area contributed by atoms with Crippen LogP contribution in [-0.2, 0) is 9.53 Å². The van der Waals surface area contributed by atoms with Crippen molar-refractivity contribution in [1.82, 2.24) is 5.32 Å². The number of carbonyl (C=O) groups is 2. The minimum absolute atomic E-state index is 0.0574. The highest BCUT2D eigenvalue weighted by Gasteiger charge is 2.19. The van der Waals surface area contributed by atoms with E-state index in [1.807, 2.05) is 24.3 Å². The third-order valence-electron chi connectivity index (χ3n) is 4.62. The van der Waals surface area contributed by atoms with Crippen LogP contribution in [0.3, 0.4) is 0 Å². The van der Waals surface area contributed by atoms with E-state index in [9.17, 15) is 14.7 Å². The van der Waals surface area contributed by atoms with Gasteiger partial charge in [0, 0.05) is 0 Å². The number of nitrogens with one attached hydrogen (secondary N) is 1. The lowest BCUT2D eigenvalue weighted by molar-refractivity contribution is -0.124. The Kier molecular flexibility index (Phi) is 7.11. The standard InChI is InChI=1S/C24H23NO6/c1-29-20-10-6-16(7-11-20)23(17-8-12-21(30-2)13-9-17)25-22(27)15-31-24(28)18-4-3-5-19(26)14-18/h3-14,23,26H,15H2,1-2H3,(H,25,27). The van der Waals surface area contributed by atoms with E-state index < -0.39 is 24.5 Å². The van der Waals surface area contributed by atoms with Gasteiger partial charge in [0.2, 0.25) is 0 Å². The van der Waals surface area contributed by atoms with Gasteiger partial charge >= 0.3 is 5.97 Å². The molecule has 0 saturated carbocycles. The molecule has 0 aliphatic heterocycles. The minimum Gasteiger partial charge on any atom is -0.508 e. The summed E-state index contributed by atoms with van der Waals surface area (Å²) >= 11 is 0. The summed E-state index contributed by atoms with van der Waals surface area (Å²) in [4.78, 5) is 24.7. The van der Waals surface area contributed by atoms with E-state index in [4.69, 9.17) is 14.2 Å². The number of phenols is 1. The summed E-state index contributed by atoms with van der Waals surface area (Å²) in [5.41, 5.74) is 1.83. The second kappa shape index (κ2) is 10.2. The van der Waals surface area contributed by atoms with Crippen molar-refractivity contribution in [2.75, 3.05) is 20.8 Å². The van der Waals surface area contributed by atoms with Crippen molar-refractivity contribution in [2.24, 2.45) is 0 Å². The molecule has 7 nitrogen and oxygen atoms in total. The Morgan fingerprint density at radius 1 is 0.871 bits per heavy atom. The number of aromatic hydroxyl groups is 1. The minimum atomic E-state index is -0.698. The van der Waals surface area contributed by atoms with Crippen LogP contribution in [0.15, 0.2) is 72.8 Å². The first-order valence-corrected chi connectivity index (χ1v) is 9.53.